The number of anilines is 1. The summed E-state index contributed by atoms with van der Waals surface area (Å²) in [6.07, 6.45) is 1.92. The molecule has 0 radical (unpaired) electrons. The number of thioether (sulfide) groups is 1. The van der Waals surface area contributed by atoms with Gasteiger partial charge in [0.25, 0.3) is 5.91 Å². The van der Waals surface area contributed by atoms with Gasteiger partial charge in [0.15, 0.2) is 4.96 Å². The average Bonchev–Trinajstić information content (AvgIpc) is 3.14. The zero-order valence-electron chi connectivity index (χ0n) is 15.3. The molecule has 3 heterocycles. The van der Waals surface area contributed by atoms with E-state index < -0.39 is 0 Å². The Balaban J connectivity index is 1.47. The fraction of sp³-hybridized carbons (Fsp3) is 0.368. The predicted octanol–water partition coefficient (Wildman–Crippen LogP) is 3.63. The minimum absolute atomic E-state index is 0.199. The number of hydrogen-bond donors (Lipinski definition) is 1. The normalized spacial score (nSPS) is 14.7. The van der Waals surface area contributed by atoms with Crippen molar-refractivity contribution in [2.75, 3.05) is 29.5 Å². The molecule has 1 fully saturated rings. The highest BCUT2D eigenvalue weighted by Gasteiger charge is 2.19. The summed E-state index contributed by atoms with van der Waals surface area (Å²) in [5.74, 6) is 1.62. The van der Waals surface area contributed by atoms with Gasteiger partial charge in [-0.15, -0.1) is 11.3 Å². The number of nitrogens with one attached hydrogen (secondary N) is 1. The Morgan fingerprint density at radius 2 is 2.07 bits per heavy atom. The molecule has 8 heteroatoms. The molecule has 3 aromatic rings. The topological polar surface area (TPSA) is 49.6 Å². The van der Waals surface area contributed by atoms with Gasteiger partial charge in [0.2, 0.25) is 0 Å². The molecular formula is C19H21FN4OS2. The molecule has 4 rings (SSSR count). The Labute approximate surface area is 165 Å². The van der Waals surface area contributed by atoms with Crippen LogP contribution in [0.15, 0.2) is 24.4 Å². The maximum atomic E-state index is 14.5. The first-order valence-electron chi connectivity index (χ1n) is 8.87. The Kier molecular flexibility index (Phi) is 5.10. The van der Waals surface area contributed by atoms with Crippen molar-refractivity contribution in [1.82, 2.24) is 14.7 Å². The largest absolute Gasteiger partial charge is 0.368 e. The maximum Gasteiger partial charge on any atom is 0.270 e. The average molecular weight is 405 g/mol. The smallest absolute Gasteiger partial charge is 0.270 e. The van der Waals surface area contributed by atoms with Crippen molar-refractivity contribution in [2.45, 2.75) is 20.4 Å². The van der Waals surface area contributed by atoms with Gasteiger partial charge >= 0.3 is 0 Å². The van der Waals surface area contributed by atoms with Crippen molar-refractivity contribution in [2.24, 2.45) is 0 Å². The molecule has 27 heavy (non-hydrogen) atoms. The zero-order valence-corrected chi connectivity index (χ0v) is 16.9. The van der Waals surface area contributed by atoms with Crippen molar-refractivity contribution in [1.29, 1.82) is 0 Å². The van der Waals surface area contributed by atoms with Crippen molar-refractivity contribution in [3.05, 3.63) is 52.0 Å². The lowest BCUT2D eigenvalue weighted by Gasteiger charge is -2.29. The van der Waals surface area contributed by atoms with Crippen molar-refractivity contribution in [3.63, 3.8) is 0 Å². The van der Waals surface area contributed by atoms with Crippen LogP contribution >= 0.6 is 23.1 Å². The Morgan fingerprint density at radius 3 is 2.81 bits per heavy atom. The summed E-state index contributed by atoms with van der Waals surface area (Å²) in [6.45, 7) is 5.83. The first-order chi connectivity index (χ1) is 13.0. The van der Waals surface area contributed by atoms with Crippen molar-refractivity contribution >= 4 is 39.7 Å². The second-order valence-corrected chi connectivity index (χ2v) is 9.05. The van der Waals surface area contributed by atoms with Crippen LogP contribution < -0.4 is 10.2 Å². The fourth-order valence-corrected chi connectivity index (χ4v) is 5.10. The number of nitrogens with zero attached hydrogens (tertiary/aromatic N) is 3. The summed E-state index contributed by atoms with van der Waals surface area (Å²) >= 11 is 3.45. The molecule has 2 aromatic heterocycles. The van der Waals surface area contributed by atoms with Gasteiger partial charge in [0.05, 0.1) is 11.4 Å². The molecule has 1 saturated heterocycles. The molecule has 0 atom stereocenters. The molecule has 0 aliphatic carbocycles. The number of halogens is 1. The second kappa shape index (κ2) is 7.52. The number of imidazole rings is 1. The van der Waals surface area contributed by atoms with Crippen LogP contribution in [0.4, 0.5) is 10.1 Å². The fourth-order valence-electron chi connectivity index (χ4n) is 3.33. The molecule has 1 amide bonds. The molecule has 1 aliphatic heterocycles. The van der Waals surface area contributed by atoms with Crippen LogP contribution in [0, 0.1) is 19.7 Å². The van der Waals surface area contributed by atoms with Gasteiger partial charge in [-0.2, -0.15) is 11.8 Å². The van der Waals surface area contributed by atoms with Crippen LogP contribution in [0.3, 0.4) is 0 Å². The molecule has 0 unspecified atom stereocenters. The Hall–Kier alpha value is -2.06. The summed E-state index contributed by atoms with van der Waals surface area (Å²) in [5, 5.41) is 2.89. The quantitative estimate of drug-likeness (QED) is 0.721. The van der Waals surface area contributed by atoms with E-state index in [0.717, 1.165) is 40.0 Å². The number of carbonyl (C=O) groups is 1. The number of fused-ring (bicyclic) bond motifs is 1. The van der Waals surface area contributed by atoms with Gasteiger partial charge in [0.1, 0.15) is 11.5 Å². The highest BCUT2D eigenvalue weighted by molar-refractivity contribution is 7.99. The third-order valence-corrected chi connectivity index (χ3v) is 6.49. The lowest BCUT2D eigenvalue weighted by molar-refractivity contribution is 0.0944. The maximum absolute atomic E-state index is 14.5. The highest BCUT2D eigenvalue weighted by atomic mass is 32.2. The van der Waals surface area contributed by atoms with Crippen LogP contribution in [-0.4, -0.2) is 39.9 Å². The van der Waals surface area contributed by atoms with E-state index in [4.69, 9.17) is 0 Å². The summed E-state index contributed by atoms with van der Waals surface area (Å²) in [5.41, 5.74) is 2.63. The lowest BCUT2D eigenvalue weighted by atomic mass is 10.1. The number of rotatable bonds is 4. The number of thiazole rings is 1. The van der Waals surface area contributed by atoms with E-state index in [1.54, 1.807) is 11.3 Å². The van der Waals surface area contributed by atoms with Crippen LogP contribution in [0.5, 0.6) is 0 Å². The summed E-state index contributed by atoms with van der Waals surface area (Å²) in [4.78, 5) is 21.1. The SMILES string of the molecule is Cc1cn2c(C(=O)NCc3ccc(N4CCSCC4)c(F)c3)c(C)nc2s1. The summed E-state index contributed by atoms with van der Waals surface area (Å²) < 4.78 is 16.4. The van der Waals surface area contributed by atoms with E-state index in [1.807, 2.05) is 48.3 Å². The van der Waals surface area contributed by atoms with E-state index in [9.17, 15) is 9.18 Å². The van der Waals surface area contributed by atoms with Gasteiger partial charge in [-0.05, 0) is 31.5 Å². The third-order valence-electron chi connectivity index (χ3n) is 4.65. The molecule has 1 aliphatic rings. The van der Waals surface area contributed by atoms with E-state index in [0.29, 0.717) is 17.1 Å². The first-order valence-corrected chi connectivity index (χ1v) is 10.8. The molecule has 0 saturated carbocycles. The number of benzene rings is 1. The zero-order chi connectivity index (χ0) is 19.0. The lowest BCUT2D eigenvalue weighted by Crippen LogP contribution is -2.33. The number of amides is 1. The molecule has 0 spiro atoms. The Morgan fingerprint density at radius 1 is 1.30 bits per heavy atom. The molecule has 5 nitrogen and oxygen atoms in total. The summed E-state index contributed by atoms with van der Waals surface area (Å²) in [6, 6.07) is 5.22. The monoisotopic (exact) mass is 404 g/mol. The first kappa shape index (κ1) is 18.3. The minimum Gasteiger partial charge on any atom is -0.368 e. The van der Waals surface area contributed by atoms with Crippen LogP contribution in [0.1, 0.15) is 26.6 Å². The number of aryl methyl sites for hydroxylation is 2. The van der Waals surface area contributed by atoms with Crippen LogP contribution in [0.2, 0.25) is 0 Å². The van der Waals surface area contributed by atoms with Crippen molar-refractivity contribution in [3.8, 4) is 0 Å². The molecular weight excluding hydrogens is 383 g/mol. The van der Waals surface area contributed by atoms with E-state index in [2.05, 4.69) is 15.2 Å². The van der Waals surface area contributed by atoms with E-state index in [1.165, 1.54) is 6.07 Å². The van der Waals surface area contributed by atoms with Crippen LogP contribution in [0.25, 0.3) is 4.96 Å². The van der Waals surface area contributed by atoms with Gasteiger partial charge < -0.3 is 10.2 Å². The van der Waals surface area contributed by atoms with Gasteiger partial charge in [-0.1, -0.05) is 6.07 Å². The minimum atomic E-state index is -0.231. The standard InChI is InChI=1S/C19H21FN4OS2/c1-12-11-24-17(13(2)22-19(24)27-12)18(25)21-10-14-3-4-16(15(20)9-14)23-5-7-26-8-6-23/h3-4,9,11H,5-8,10H2,1-2H3,(H,21,25). The summed E-state index contributed by atoms with van der Waals surface area (Å²) in [7, 11) is 0. The predicted molar refractivity (Wildman–Crippen MR) is 110 cm³/mol. The molecule has 142 valence electrons. The number of carbonyl (C=O) groups excluding carboxylic acids is 1. The molecule has 0 bridgehead atoms. The van der Waals surface area contributed by atoms with E-state index in [-0.39, 0.29) is 18.3 Å². The molecule has 1 aromatic carbocycles. The van der Waals surface area contributed by atoms with Gasteiger partial charge in [0, 0.05) is 42.2 Å². The second-order valence-electron chi connectivity index (χ2n) is 6.61. The third kappa shape index (κ3) is 3.68. The van der Waals surface area contributed by atoms with Gasteiger partial charge in [-0.25, -0.2) is 9.37 Å². The number of aromatic nitrogens is 2. The van der Waals surface area contributed by atoms with Gasteiger partial charge in [-0.3, -0.25) is 9.20 Å². The number of hydrogen-bond acceptors (Lipinski definition) is 5. The Bertz CT molecular complexity index is 991. The molecule has 1 N–H and O–H groups in total. The van der Waals surface area contributed by atoms with E-state index >= 15 is 0 Å². The highest BCUT2D eigenvalue weighted by Crippen LogP contribution is 2.24. The van der Waals surface area contributed by atoms with Crippen molar-refractivity contribution < 1.29 is 9.18 Å². The van der Waals surface area contributed by atoms with Crippen LogP contribution in [-0.2, 0) is 6.54 Å².